The summed E-state index contributed by atoms with van der Waals surface area (Å²) >= 11 is 0. The van der Waals surface area contributed by atoms with Crippen molar-refractivity contribution in [3.63, 3.8) is 0 Å². The zero-order chi connectivity index (χ0) is 25.0. The van der Waals surface area contributed by atoms with Gasteiger partial charge in [0.05, 0.1) is 13.7 Å². The van der Waals surface area contributed by atoms with Crippen molar-refractivity contribution in [2.75, 3.05) is 13.7 Å². The molecule has 182 valence electrons. The van der Waals surface area contributed by atoms with E-state index in [-0.39, 0.29) is 5.97 Å². The number of esters is 1. The van der Waals surface area contributed by atoms with Gasteiger partial charge in [0.1, 0.15) is 5.75 Å². The van der Waals surface area contributed by atoms with Crippen LogP contribution in [0, 0.1) is 0 Å². The van der Waals surface area contributed by atoms with Crippen LogP contribution in [0.5, 0.6) is 5.75 Å². The highest BCUT2D eigenvalue weighted by Gasteiger charge is 2.21. The molecule has 0 amide bonds. The molecule has 0 saturated heterocycles. The fourth-order valence-corrected chi connectivity index (χ4v) is 4.29. The first-order valence-electron chi connectivity index (χ1n) is 12.3. The maximum Gasteiger partial charge on any atom is 0.330 e. The molecule has 4 heteroatoms. The van der Waals surface area contributed by atoms with E-state index in [4.69, 9.17) is 9.47 Å². The van der Waals surface area contributed by atoms with Gasteiger partial charge in [0.25, 0.3) is 0 Å². The molecule has 34 heavy (non-hydrogen) atoms. The molecule has 0 atom stereocenters. The van der Waals surface area contributed by atoms with Gasteiger partial charge in [-0.1, -0.05) is 53.2 Å². The van der Waals surface area contributed by atoms with Crippen molar-refractivity contribution < 1.29 is 14.3 Å². The predicted molar refractivity (Wildman–Crippen MR) is 143 cm³/mol. The number of hydrogen-bond acceptors (Lipinski definition) is 3. The standard InChI is InChI=1S/C30H39NO3/c1-9-10-13-34-30-24(20(4)5)16-23(19(2)3)17-26(30)27-18-31(7)28-12-11-22(15-25(27)28)21(6)14-29(32)33-8/h11-12,14-20H,9-10,13H2,1-8H3/b21-14-. The first kappa shape index (κ1) is 25.6. The molecule has 0 spiro atoms. The van der Waals surface area contributed by atoms with E-state index >= 15 is 0 Å². The fourth-order valence-electron chi connectivity index (χ4n) is 4.29. The summed E-state index contributed by atoms with van der Waals surface area (Å²) in [7, 11) is 3.48. The Morgan fingerprint density at radius 2 is 1.79 bits per heavy atom. The molecule has 3 aromatic rings. The van der Waals surface area contributed by atoms with Gasteiger partial charge >= 0.3 is 5.97 Å². The summed E-state index contributed by atoms with van der Waals surface area (Å²) in [6.45, 7) is 13.8. The number of unbranched alkanes of at least 4 members (excludes halogenated alkanes) is 1. The minimum atomic E-state index is -0.344. The van der Waals surface area contributed by atoms with Crippen molar-refractivity contribution in [3.05, 3.63) is 59.3 Å². The average Bonchev–Trinajstić information content (AvgIpc) is 3.14. The molecule has 1 aromatic heterocycles. The Morgan fingerprint density at radius 1 is 1.06 bits per heavy atom. The molecule has 0 bridgehead atoms. The second-order valence-electron chi connectivity index (χ2n) is 9.73. The Morgan fingerprint density at radius 3 is 2.41 bits per heavy atom. The maximum atomic E-state index is 11.8. The number of carbonyl (C=O) groups is 1. The quantitative estimate of drug-likeness (QED) is 0.185. The summed E-state index contributed by atoms with van der Waals surface area (Å²) in [5.74, 6) is 1.41. The van der Waals surface area contributed by atoms with Crippen LogP contribution in [-0.4, -0.2) is 24.3 Å². The summed E-state index contributed by atoms with van der Waals surface area (Å²) in [5.41, 5.74) is 7.89. The van der Waals surface area contributed by atoms with Crippen LogP contribution in [0.2, 0.25) is 0 Å². The molecule has 1 heterocycles. The SMILES string of the molecule is CCCCOc1c(-c2cn(C)c3ccc(/C(C)=C\C(=O)OC)cc23)cc(C(C)C)cc1C(C)C. The number of nitrogens with zero attached hydrogens (tertiary/aromatic N) is 1. The van der Waals surface area contributed by atoms with Gasteiger partial charge < -0.3 is 14.0 Å². The molecule has 3 rings (SSSR count). The second kappa shape index (κ2) is 10.9. The van der Waals surface area contributed by atoms with Crippen molar-refractivity contribution in [1.82, 2.24) is 4.57 Å². The van der Waals surface area contributed by atoms with E-state index in [0.717, 1.165) is 51.8 Å². The van der Waals surface area contributed by atoms with E-state index in [1.807, 2.05) is 6.92 Å². The number of methoxy groups -OCH3 is 1. The molecule has 0 unspecified atom stereocenters. The number of ether oxygens (including phenoxy) is 2. The molecule has 0 aliphatic rings. The second-order valence-corrected chi connectivity index (χ2v) is 9.73. The normalized spacial score (nSPS) is 12.1. The molecular formula is C30H39NO3. The van der Waals surface area contributed by atoms with Gasteiger partial charge in [-0.25, -0.2) is 4.79 Å². The van der Waals surface area contributed by atoms with E-state index in [0.29, 0.717) is 18.4 Å². The third-order valence-electron chi connectivity index (χ3n) is 6.44. The van der Waals surface area contributed by atoms with Crippen LogP contribution in [0.1, 0.15) is 82.9 Å². The van der Waals surface area contributed by atoms with E-state index in [2.05, 4.69) is 82.8 Å². The van der Waals surface area contributed by atoms with Crippen molar-refractivity contribution in [2.45, 2.75) is 66.2 Å². The summed E-state index contributed by atoms with van der Waals surface area (Å²) < 4.78 is 13.5. The van der Waals surface area contributed by atoms with Crippen LogP contribution in [-0.2, 0) is 16.6 Å². The minimum absolute atomic E-state index is 0.344. The predicted octanol–water partition coefficient (Wildman–Crippen LogP) is 7.85. The Bertz CT molecular complexity index is 1200. The van der Waals surface area contributed by atoms with Gasteiger partial charge in [-0.05, 0) is 65.6 Å². The third kappa shape index (κ3) is 5.38. The third-order valence-corrected chi connectivity index (χ3v) is 6.44. The van der Waals surface area contributed by atoms with Crippen molar-refractivity contribution >= 4 is 22.4 Å². The van der Waals surface area contributed by atoms with Gasteiger partial charge in [0, 0.05) is 41.4 Å². The van der Waals surface area contributed by atoms with Crippen LogP contribution in [0.4, 0.5) is 0 Å². The van der Waals surface area contributed by atoms with E-state index in [9.17, 15) is 4.79 Å². The molecule has 0 N–H and O–H groups in total. The van der Waals surface area contributed by atoms with E-state index in [1.165, 1.54) is 18.2 Å². The molecule has 0 fully saturated rings. The van der Waals surface area contributed by atoms with Crippen molar-refractivity contribution in [1.29, 1.82) is 0 Å². The molecule has 0 aliphatic carbocycles. The number of allylic oxidation sites excluding steroid dienone is 1. The largest absolute Gasteiger partial charge is 0.493 e. The Hall–Kier alpha value is -3.01. The summed E-state index contributed by atoms with van der Waals surface area (Å²) in [6.07, 6.45) is 5.86. The first-order chi connectivity index (χ1) is 16.2. The maximum absolute atomic E-state index is 11.8. The highest BCUT2D eigenvalue weighted by atomic mass is 16.5. The van der Waals surface area contributed by atoms with Gasteiger partial charge in [0.2, 0.25) is 0 Å². The minimum Gasteiger partial charge on any atom is -0.493 e. The molecule has 2 aromatic carbocycles. The van der Waals surface area contributed by atoms with Gasteiger partial charge in [-0.15, -0.1) is 0 Å². The van der Waals surface area contributed by atoms with Crippen molar-refractivity contribution in [2.24, 2.45) is 7.05 Å². The lowest BCUT2D eigenvalue weighted by Gasteiger charge is -2.21. The summed E-state index contributed by atoms with van der Waals surface area (Å²) in [4.78, 5) is 11.8. The zero-order valence-corrected chi connectivity index (χ0v) is 22.0. The number of carbonyl (C=O) groups excluding carboxylic acids is 1. The number of aryl methyl sites for hydroxylation is 1. The van der Waals surface area contributed by atoms with Crippen molar-refractivity contribution in [3.8, 4) is 16.9 Å². The number of benzene rings is 2. The average molecular weight is 462 g/mol. The Kier molecular flexibility index (Phi) is 8.24. The molecule has 0 radical (unpaired) electrons. The van der Waals surface area contributed by atoms with Gasteiger partial charge in [0.15, 0.2) is 0 Å². The number of fused-ring (bicyclic) bond motifs is 1. The molecule has 4 nitrogen and oxygen atoms in total. The smallest absolute Gasteiger partial charge is 0.330 e. The lowest BCUT2D eigenvalue weighted by molar-refractivity contribution is -0.134. The fraction of sp³-hybridized carbons (Fsp3) is 0.433. The number of aromatic nitrogens is 1. The monoisotopic (exact) mass is 461 g/mol. The van der Waals surface area contributed by atoms with E-state index in [1.54, 1.807) is 6.08 Å². The van der Waals surface area contributed by atoms with Gasteiger partial charge in [-0.2, -0.15) is 0 Å². The van der Waals surface area contributed by atoms with Crippen LogP contribution in [0.15, 0.2) is 42.6 Å². The molecule has 0 aliphatic heterocycles. The highest BCUT2D eigenvalue weighted by Crippen LogP contribution is 2.43. The first-order valence-corrected chi connectivity index (χ1v) is 12.3. The highest BCUT2D eigenvalue weighted by molar-refractivity contribution is 6.00. The number of hydrogen-bond donors (Lipinski definition) is 0. The topological polar surface area (TPSA) is 40.5 Å². The van der Waals surface area contributed by atoms with Crippen LogP contribution >= 0.6 is 0 Å². The zero-order valence-electron chi connectivity index (χ0n) is 22.0. The Balaban J connectivity index is 2.29. The summed E-state index contributed by atoms with van der Waals surface area (Å²) in [5, 5.41) is 1.15. The lowest BCUT2D eigenvalue weighted by Crippen LogP contribution is -2.05. The Labute approximate surface area is 204 Å². The van der Waals surface area contributed by atoms with Crippen LogP contribution < -0.4 is 4.74 Å². The number of rotatable bonds is 9. The lowest BCUT2D eigenvalue weighted by atomic mass is 9.89. The van der Waals surface area contributed by atoms with Gasteiger partial charge in [-0.3, -0.25) is 0 Å². The summed E-state index contributed by atoms with van der Waals surface area (Å²) in [6, 6.07) is 11.0. The van der Waals surface area contributed by atoms with Crippen LogP contribution in [0.25, 0.3) is 27.6 Å². The van der Waals surface area contributed by atoms with Crippen LogP contribution in [0.3, 0.4) is 0 Å². The molecular weight excluding hydrogens is 422 g/mol. The molecule has 0 saturated carbocycles. The van der Waals surface area contributed by atoms with E-state index < -0.39 is 0 Å².